The van der Waals surface area contributed by atoms with Gasteiger partial charge in [-0.05, 0) is 67.7 Å². The van der Waals surface area contributed by atoms with Crippen molar-refractivity contribution in [2.24, 2.45) is 11.8 Å². The summed E-state index contributed by atoms with van der Waals surface area (Å²) in [5, 5.41) is 15.8. The normalized spacial score (nSPS) is 19.0. The van der Waals surface area contributed by atoms with E-state index in [2.05, 4.69) is 52.4 Å². The fraction of sp³-hybridized carbons (Fsp3) is 0.593. The molecule has 0 radical (unpaired) electrons. The predicted octanol–water partition coefficient (Wildman–Crippen LogP) is 4.17. The zero-order valence-electron chi connectivity index (χ0n) is 20.9. The van der Waals surface area contributed by atoms with Crippen LogP contribution >= 0.6 is 0 Å². The molecule has 1 aromatic heterocycles. The second-order valence-corrected chi connectivity index (χ2v) is 9.92. The van der Waals surface area contributed by atoms with E-state index in [9.17, 15) is 4.79 Å². The Morgan fingerprint density at radius 1 is 1.23 bits per heavy atom. The summed E-state index contributed by atoms with van der Waals surface area (Å²) in [6.07, 6.45) is 7.40. The molecule has 2 heterocycles. The van der Waals surface area contributed by atoms with E-state index in [4.69, 9.17) is 14.4 Å². The van der Waals surface area contributed by atoms with Gasteiger partial charge in [0.25, 0.3) is 0 Å². The van der Waals surface area contributed by atoms with Gasteiger partial charge < -0.3 is 24.6 Å². The standard InChI is InChI=1S/C27H38N4O4/c1-19(2)25-29-27(35-30-25)31-15-12-20(13-16-31)18-34-24-10-8-22(9-11-24)21-4-6-23(7-5-21)26(33)28-14-3-17-32/h4,8-11,19-20,23,32H,3,5-7,12-18H2,1-2H3,(H,28,33). The van der Waals surface area contributed by atoms with Crippen LogP contribution in [0, 0.1) is 11.8 Å². The van der Waals surface area contributed by atoms with Crippen LogP contribution in [-0.2, 0) is 4.79 Å². The van der Waals surface area contributed by atoms with Crippen molar-refractivity contribution in [1.29, 1.82) is 0 Å². The molecule has 0 saturated carbocycles. The second-order valence-electron chi connectivity index (χ2n) is 9.92. The van der Waals surface area contributed by atoms with E-state index in [0.29, 0.717) is 31.5 Å². The van der Waals surface area contributed by atoms with Crippen molar-refractivity contribution < 1.29 is 19.2 Å². The summed E-state index contributed by atoms with van der Waals surface area (Å²) >= 11 is 0. The fourth-order valence-corrected chi connectivity index (χ4v) is 4.63. The molecule has 190 valence electrons. The van der Waals surface area contributed by atoms with Crippen molar-refractivity contribution in [3.8, 4) is 5.75 Å². The molecule has 1 atom stereocenters. The number of ether oxygens (including phenoxy) is 1. The Morgan fingerprint density at radius 2 is 2.00 bits per heavy atom. The summed E-state index contributed by atoms with van der Waals surface area (Å²) in [5.41, 5.74) is 2.50. The van der Waals surface area contributed by atoms with E-state index in [1.54, 1.807) is 0 Å². The van der Waals surface area contributed by atoms with Crippen LogP contribution in [0.2, 0.25) is 0 Å². The molecule has 2 aliphatic rings. The van der Waals surface area contributed by atoms with Crippen molar-refractivity contribution >= 4 is 17.5 Å². The molecule has 8 heteroatoms. The molecule has 1 fully saturated rings. The number of aliphatic hydroxyl groups is 1. The Bertz CT molecular complexity index is 977. The lowest BCUT2D eigenvalue weighted by Crippen LogP contribution is -2.35. The van der Waals surface area contributed by atoms with E-state index >= 15 is 0 Å². The molecular weight excluding hydrogens is 444 g/mol. The molecule has 35 heavy (non-hydrogen) atoms. The topological polar surface area (TPSA) is 101 Å². The lowest BCUT2D eigenvalue weighted by atomic mass is 9.86. The Labute approximate surface area is 207 Å². The lowest BCUT2D eigenvalue weighted by Gasteiger charge is -2.30. The molecular formula is C27H38N4O4. The van der Waals surface area contributed by atoms with Crippen molar-refractivity contribution in [2.45, 2.75) is 58.3 Å². The largest absolute Gasteiger partial charge is 0.493 e. The van der Waals surface area contributed by atoms with Gasteiger partial charge in [-0.1, -0.05) is 37.2 Å². The number of nitrogens with zero attached hydrogens (tertiary/aromatic N) is 3. The number of benzene rings is 1. The lowest BCUT2D eigenvalue weighted by molar-refractivity contribution is -0.125. The third-order valence-electron chi connectivity index (χ3n) is 6.96. The quantitative estimate of drug-likeness (QED) is 0.490. The monoisotopic (exact) mass is 482 g/mol. The molecule has 1 unspecified atom stereocenters. The Balaban J connectivity index is 1.20. The zero-order valence-corrected chi connectivity index (χ0v) is 20.9. The van der Waals surface area contributed by atoms with Gasteiger partial charge in [-0.25, -0.2) is 0 Å². The maximum Gasteiger partial charge on any atom is 0.324 e. The SMILES string of the molecule is CC(C)c1noc(N2CCC(COc3ccc(C4=CCC(C(=O)NCCCO)CC4)cc3)CC2)n1. The third kappa shape index (κ3) is 6.84. The van der Waals surface area contributed by atoms with E-state index in [-0.39, 0.29) is 24.3 Å². The smallest absolute Gasteiger partial charge is 0.324 e. The number of carbonyl (C=O) groups excluding carboxylic acids is 1. The maximum atomic E-state index is 12.2. The van der Waals surface area contributed by atoms with E-state index in [0.717, 1.165) is 56.8 Å². The van der Waals surface area contributed by atoms with Crippen LogP contribution in [0.25, 0.3) is 5.57 Å². The number of hydrogen-bond acceptors (Lipinski definition) is 7. The van der Waals surface area contributed by atoms with Gasteiger partial charge in [0, 0.05) is 38.1 Å². The molecule has 1 aliphatic heterocycles. The van der Waals surface area contributed by atoms with Crippen LogP contribution in [0.3, 0.4) is 0 Å². The second kappa shape index (κ2) is 12.2. The summed E-state index contributed by atoms with van der Waals surface area (Å²) in [5.74, 6) is 2.57. The summed E-state index contributed by atoms with van der Waals surface area (Å²) < 4.78 is 11.5. The number of piperidine rings is 1. The van der Waals surface area contributed by atoms with Gasteiger partial charge in [-0.2, -0.15) is 4.98 Å². The summed E-state index contributed by atoms with van der Waals surface area (Å²) in [6.45, 7) is 7.30. The van der Waals surface area contributed by atoms with Crippen LogP contribution in [0.15, 0.2) is 34.9 Å². The number of aliphatic hydroxyl groups excluding tert-OH is 1. The van der Waals surface area contributed by atoms with Crippen LogP contribution in [0.4, 0.5) is 6.01 Å². The predicted molar refractivity (Wildman–Crippen MR) is 135 cm³/mol. The molecule has 1 aliphatic carbocycles. The first kappa shape index (κ1) is 25.2. The molecule has 0 spiro atoms. The van der Waals surface area contributed by atoms with Gasteiger partial charge in [-0.3, -0.25) is 4.79 Å². The molecule has 2 N–H and O–H groups in total. The highest BCUT2D eigenvalue weighted by Gasteiger charge is 2.24. The van der Waals surface area contributed by atoms with Crippen molar-refractivity contribution in [3.63, 3.8) is 0 Å². The van der Waals surface area contributed by atoms with Crippen molar-refractivity contribution in [1.82, 2.24) is 15.5 Å². The van der Waals surface area contributed by atoms with Crippen LogP contribution in [-0.4, -0.2) is 54.0 Å². The van der Waals surface area contributed by atoms with E-state index in [1.807, 2.05) is 12.1 Å². The van der Waals surface area contributed by atoms with Gasteiger partial charge >= 0.3 is 6.01 Å². The maximum absolute atomic E-state index is 12.2. The Kier molecular flexibility index (Phi) is 8.79. The van der Waals surface area contributed by atoms with Gasteiger partial charge in [0.15, 0.2) is 5.82 Å². The Morgan fingerprint density at radius 3 is 2.63 bits per heavy atom. The number of rotatable bonds is 10. The van der Waals surface area contributed by atoms with Gasteiger partial charge in [-0.15, -0.1) is 0 Å². The van der Waals surface area contributed by atoms with Crippen molar-refractivity contribution in [2.75, 3.05) is 37.7 Å². The minimum atomic E-state index is 0.0311. The third-order valence-corrected chi connectivity index (χ3v) is 6.96. The fourth-order valence-electron chi connectivity index (χ4n) is 4.63. The average molecular weight is 483 g/mol. The summed E-state index contributed by atoms with van der Waals surface area (Å²) in [4.78, 5) is 18.9. The van der Waals surface area contributed by atoms with E-state index in [1.165, 1.54) is 11.1 Å². The van der Waals surface area contributed by atoms with Gasteiger partial charge in [0.1, 0.15) is 5.75 Å². The first-order chi connectivity index (χ1) is 17.0. The molecule has 1 saturated heterocycles. The summed E-state index contributed by atoms with van der Waals surface area (Å²) in [6, 6.07) is 8.96. The highest BCUT2D eigenvalue weighted by Crippen LogP contribution is 2.31. The number of carbonyl (C=O) groups is 1. The highest BCUT2D eigenvalue weighted by atomic mass is 16.5. The van der Waals surface area contributed by atoms with Crippen LogP contribution in [0.1, 0.15) is 69.7 Å². The summed E-state index contributed by atoms with van der Waals surface area (Å²) in [7, 11) is 0. The van der Waals surface area contributed by atoms with Crippen LogP contribution in [0.5, 0.6) is 5.75 Å². The number of allylic oxidation sites excluding steroid dienone is 2. The number of amides is 1. The molecule has 4 rings (SSSR count). The minimum absolute atomic E-state index is 0.0311. The molecule has 0 bridgehead atoms. The number of hydrogen-bond donors (Lipinski definition) is 2. The number of nitrogens with one attached hydrogen (secondary N) is 1. The van der Waals surface area contributed by atoms with Crippen molar-refractivity contribution in [3.05, 3.63) is 41.7 Å². The first-order valence-electron chi connectivity index (χ1n) is 12.9. The molecule has 8 nitrogen and oxygen atoms in total. The van der Waals surface area contributed by atoms with E-state index < -0.39 is 0 Å². The van der Waals surface area contributed by atoms with Crippen LogP contribution < -0.4 is 15.0 Å². The molecule has 1 amide bonds. The zero-order chi connectivity index (χ0) is 24.6. The number of anilines is 1. The Hall–Kier alpha value is -2.87. The average Bonchev–Trinajstić information content (AvgIpc) is 3.39. The highest BCUT2D eigenvalue weighted by molar-refractivity contribution is 5.80. The first-order valence-corrected chi connectivity index (χ1v) is 12.9. The molecule has 1 aromatic carbocycles. The molecule has 2 aromatic rings. The van der Waals surface area contributed by atoms with Gasteiger partial charge in [0.2, 0.25) is 5.91 Å². The minimum Gasteiger partial charge on any atom is -0.493 e. The number of aromatic nitrogens is 2. The van der Waals surface area contributed by atoms with Gasteiger partial charge in [0.05, 0.1) is 6.61 Å².